The molecule has 11 nitrogen and oxygen atoms in total. The number of esters is 1. The van der Waals surface area contributed by atoms with Crippen LogP contribution in [0.5, 0.6) is 0 Å². The van der Waals surface area contributed by atoms with Gasteiger partial charge in [-0.2, -0.15) is 0 Å². The van der Waals surface area contributed by atoms with E-state index in [-0.39, 0.29) is 25.1 Å². The zero-order valence-corrected chi connectivity index (χ0v) is 18.6. The van der Waals surface area contributed by atoms with Gasteiger partial charge >= 0.3 is 19.4 Å². The first kappa shape index (κ1) is 23.2. The van der Waals surface area contributed by atoms with Crippen LogP contribution in [-0.2, 0) is 27.9 Å². The maximum absolute atomic E-state index is 13.1. The Morgan fingerprint density at radius 2 is 2.17 bits per heavy atom. The minimum absolute atomic E-state index is 0.0220. The van der Waals surface area contributed by atoms with E-state index >= 15 is 0 Å². The number of carbonyl (C=O) groups is 1. The SMILES string of the molecule is CC(C)C(=O)OC[C@@H](C)N[P@@]1(=O)OC[C@H]2O[C@@H](n3ccc(=O)[nH]c3=O)[C@](C)(Cl)[C@@H]2O1. The molecule has 1 aromatic heterocycles. The van der Waals surface area contributed by atoms with Gasteiger partial charge in [-0.15, -0.1) is 11.6 Å². The number of aromatic amines is 1. The molecular formula is C17H25ClN3O8P. The molecule has 2 fully saturated rings. The van der Waals surface area contributed by atoms with Crippen molar-refractivity contribution < 1.29 is 27.9 Å². The van der Waals surface area contributed by atoms with Gasteiger partial charge in [0, 0.05) is 18.3 Å². The highest BCUT2D eigenvalue weighted by Gasteiger charge is 2.59. The molecule has 0 spiro atoms. The van der Waals surface area contributed by atoms with Crippen LogP contribution in [0.2, 0.25) is 0 Å². The Kier molecular flexibility index (Phi) is 6.62. The number of carbonyl (C=O) groups excluding carboxylic acids is 1. The number of fused-ring (bicyclic) bond motifs is 1. The molecule has 2 aliphatic rings. The maximum atomic E-state index is 13.1. The predicted molar refractivity (Wildman–Crippen MR) is 106 cm³/mol. The lowest BCUT2D eigenvalue weighted by Crippen LogP contribution is -2.47. The number of nitrogens with zero attached hydrogens (tertiary/aromatic N) is 1. The van der Waals surface area contributed by atoms with Crippen LogP contribution < -0.4 is 16.3 Å². The average Bonchev–Trinajstić information content (AvgIpc) is 2.89. The van der Waals surface area contributed by atoms with Crippen molar-refractivity contribution in [2.45, 2.75) is 57.0 Å². The highest BCUT2D eigenvalue weighted by molar-refractivity contribution is 7.51. The third-order valence-corrected chi connectivity index (χ3v) is 6.92. The van der Waals surface area contributed by atoms with Gasteiger partial charge in [0.25, 0.3) is 5.56 Å². The molecule has 13 heteroatoms. The van der Waals surface area contributed by atoms with Crippen molar-refractivity contribution in [3.8, 4) is 0 Å². The van der Waals surface area contributed by atoms with Crippen LogP contribution in [0, 0.1) is 5.92 Å². The Bertz CT molecular complexity index is 961. The number of ether oxygens (including phenoxy) is 2. The van der Waals surface area contributed by atoms with Crippen molar-refractivity contribution in [2.24, 2.45) is 5.92 Å². The lowest BCUT2D eigenvalue weighted by molar-refractivity contribution is -0.147. The van der Waals surface area contributed by atoms with Crippen LogP contribution in [-0.4, -0.2) is 51.9 Å². The minimum atomic E-state index is -3.79. The number of rotatable bonds is 6. The van der Waals surface area contributed by atoms with E-state index in [9.17, 15) is 18.9 Å². The Hall–Kier alpha value is -1.49. The third-order valence-electron chi connectivity index (χ3n) is 4.77. The van der Waals surface area contributed by atoms with Crippen LogP contribution >= 0.6 is 19.3 Å². The first-order valence-corrected chi connectivity index (χ1v) is 11.4. The highest BCUT2D eigenvalue weighted by Crippen LogP contribution is 2.57. The van der Waals surface area contributed by atoms with Gasteiger partial charge in [-0.25, -0.2) is 14.4 Å². The molecule has 0 aliphatic carbocycles. The molecule has 0 radical (unpaired) electrons. The first-order valence-electron chi connectivity index (χ1n) is 9.46. The van der Waals surface area contributed by atoms with Crippen molar-refractivity contribution >= 4 is 25.3 Å². The van der Waals surface area contributed by atoms with E-state index in [0.717, 1.165) is 4.57 Å². The molecule has 168 valence electrons. The molecule has 2 aliphatic heterocycles. The number of hydrogen-bond donors (Lipinski definition) is 2. The molecule has 3 heterocycles. The van der Waals surface area contributed by atoms with Gasteiger partial charge in [0.2, 0.25) is 0 Å². The van der Waals surface area contributed by atoms with Crippen LogP contribution in [0.1, 0.15) is 33.9 Å². The van der Waals surface area contributed by atoms with Crippen LogP contribution in [0.3, 0.4) is 0 Å². The summed E-state index contributed by atoms with van der Waals surface area (Å²) in [5, 5.41) is 2.72. The van der Waals surface area contributed by atoms with Crippen molar-refractivity contribution in [1.82, 2.24) is 14.6 Å². The zero-order chi connectivity index (χ0) is 22.3. The monoisotopic (exact) mass is 465 g/mol. The summed E-state index contributed by atoms with van der Waals surface area (Å²) in [6.07, 6.45) is -1.28. The molecule has 1 aromatic rings. The predicted octanol–water partition coefficient (Wildman–Crippen LogP) is 1.13. The first-order chi connectivity index (χ1) is 13.9. The second-order valence-corrected chi connectivity index (χ2v) is 10.4. The average molecular weight is 466 g/mol. The zero-order valence-electron chi connectivity index (χ0n) is 17.0. The van der Waals surface area contributed by atoms with Crippen molar-refractivity contribution in [2.75, 3.05) is 13.2 Å². The quantitative estimate of drug-likeness (QED) is 0.359. The summed E-state index contributed by atoms with van der Waals surface area (Å²) in [4.78, 5) is 35.9. The fraction of sp³-hybridized carbons (Fsp3) is 0.706. The lowest BCUT2D eigenvalue weighted by atomic mass is 10.0. The third kappa shape index (κ3) is 4.71. The molecule has 3 rings (SSSR count). The van der Waals surface area contributed by atoms with Gasteiger partial charge in [-0.1, -0.05) is 13.8 Å². The van der Waals surface area contributed by atoms with E-state index in [1.165, 1.54) is 12.3 Å². The number of alkyl halides is 1. The number of H-pyrrole nitrogens is 1. The van der Waals surface area contributed by atoms with E-state index in [1.54, 1.807) is 27.7 Å². The van der Waals surface area contributed by atoms with Crippen LogP contribution in [0.15, 0.2) is 21.9 Å². The molecule has 2 saturated heterocycles. The fourth-order valence-electron chi connectivity index (χ4n) is 3.22. The van der Waals surface area contributed by atoms with Crippen LogP contribution in [0.25, 0.3) is 0 Å². The normalized spacial score (nSPS) is 34.5. The topological polar surface area (TPSA) is 138 Å². The van der Waals surface area contributed by atoms with Gasteiger partial charge in [0.15, 0.2) is 6.23 Å². The smallest absolute Gasteiger partial charge is 0.406 e. The van der Waals surface area contributed by atoms with Crippen LogP contribution in [0.4, 0.5) is 0 Å². The Morgan fingerprint density at radius 1 is 1.47 bits per heavy atom. The standard InChI is InChI=1S/C17H25ClN3O8P/c1-9(2)14(23)26-7-10(3)20-30(25)27-8-11-13(29-30)17(4,18)15(28-11)21-6-5-12(22)19-16(21)24/h5-6,9-11,13,15H,7-8H2,1-4H3,(H,20,25)(H,19,22,24)/t10-,11-,13-,15-,17-,30-/m1/s1. The summed E-state index contributed by atoms with van der Waals surface area (Å²) in [5.41, 5.74) is -1.25. The molecule has 0 saturated carbocycles. The molecule has 0 unspecified atom stereocenters. The van der Waals surface area contributed by atoms with E-state index in [1.807, 2.05) is 0 Å². The summed E-state index contributed by atoms with van der Waals surface area (Å²) < 4.78 is 36.3. The maximum Gasteiger partial charge on any atom is 0.406 e. The number of aromatic nitrogens is 2. The fourth-order valence-corrected chi connectivity index (χ4v) is 5.43. The molecule has 30 heavy (non-hydrogen) atoms. The second-order valence-electron chi connectivity index (χ2n) is 7.83. The molecule has 2 N–H and O–H groups in total. The number of hydrogen-bond acceptors (Lipinski definition) is 8. The minimum Gasteiger partial charge on any atom is -0.464 e. The second kappa shape index (κ2) is 8.57. The van der Waals surface area contributed by atoms with E-state index < -0.39 is 48.3 Å². The van der Waals surface area contributed by atoms with E-state index in [4.69, 9.17) is 30.1 Å². The van der Waals surface area contributed by atoms with Crippen molar-refractivity contribution in [1.29, 1.82) is 0 Å². The summed E-state index contributed by atoms with van der Waals surface area (Å²) in [6.45, 7) is 6.56. The number of nitrogens with one attached hydrogen (secondary N) is 2. The molecular weight excluding hydrogens is 441 g/mol. The summed E-state index contributed by atoms with van der Waals surface area (Å²) in [6, 6.07) is 0.653. The lowest BCUT2D eigenvalue weighted by Gasteiger charge is -2.36. The van der Waals surface area contributed by atoms with E-state index in [0.29, 0.717) is 0 Å². The number of halogens is 1. The molecule has 6 atom stereocenters. The summed E-state index contributed by atoms with van der Waals surface area (Å²) in [7, 11) is -3.79. The largest absolute Gasteiger partial charge is 0.464 e. The van der Waals surface area contributed by atoms with Crippen molar-refractivity contribution in [3.05, 3.63) is 33.1 Å². The van der Waals surface area contributed by atoms with Gasteiger partial charge < -0.3 is 9.47 Å². The van der Waals surface area contributed by atoms with Gasteiger partial charge in [-0.3, -0.25) is 28.2 Å². The van der Waals surface area contributed by atoms with E-state index in [2.05, 4.69) is 10.1 Å². The molecule has 0 aromatic carbocycles. The Balaban J connectivity index is 1.71. The van der Waals surface area contributed by atoms with Gasteiger partial charge in [0.1, 0.15) is 23.7 Å². The molecule has 0 amide bonds. The van der Waals surface area contributed by atoms with Gasteiger partial charge in [-0.05, 0) is 13.8 Å². The molecule has 0 bridgehead atoms. The summed E-state index contributed by atoms with van der Waals surface area (Å²) >= 11 is 6.68. The Labute approximate surface area is 177 Å². The van der Waals surface area contributed by atoms with Crippen molar-refractivity contribution in [3.63, 3.8) is 0 Å². The summed E-state index contributed by atoms with van der Waals surface area (Å²) in [5.74, 6) is -0.656. The highest BCUT2D eigenvalue weighted by atomic mass is 35.5. The Morgan fingerprint density at radius 3 is 2.80 bits per heavy atom. The van der Waals surface area contributed by atoms with Gasteiger partial charge in [0.05, 0.1) is 12.5 Å².